The third kappa shape index (κ3) is 7.11. The molecular formula is C15H27N3S. The Morgan fingerprint density at radius 2 is 1.74 bits per heavy atom. The Morgan fingerprint density at radius 3 is 1.95 bits per heavy atom. The molecule has 0 fully saturated rings. The van der Waals surface area contributed by atoms with Gasteiger partial charge in [0.15, 0.2) is 0 Å². The Kier molecular flexibility index (Phi) is 9.13. The molecule has 19 heavy (non-hydrogen) atoms. The summed E-state index contributed by atoms with van der Waals surface area (Å²) >= 11 is 1.72. The Labute approximate surface area is 121 Å². The van der Waals surface area contributed by atoms with Gasteiger partial charge in [0.25, 0.3) is 0 Å². The highest BCUT2D eigenvalue weighted by Gasteiger charge is 2.00. The molecule has 0 aromatic carbocycles. The van der Waals surface area contributed by atoms with E-state index in [-0.39, 0.29) is 0 Å². The summed E-state index contributed by atoms with van der Waals surface area (Å²) in [6.07, 6.45) is 1.85. The van der Waals surface area contributed by atoms with Crippen molar-refractivity contribution in [3.8, 4) is 0 Å². The van der Waals surface area contributed by atoms with Crippen molar-refractivity contribution in [3.05, 3.63) is 34.0 Å². The molecule has 2 aromatic rings. The van der Waals surface area contributed by atoms with E-state index in [1.807, 2.05) is 32.3 Å². The van der Waals surface area contributed by atoms with Crippen LogP contribution in [0.1, 0.15) is 69.8 Å². The summed E-state index contributed by atoms with van der Waals surface area (Å²) in [4.78, 5) is 4.13. The van der Waals surface area contributed by atoms with E-state index in [1.165, 1.54) is 5.01 Å². The second kappa shape index (κ2) is 9.73. The third-order valence-corrected chi connectivity index (χ3v) is 3.34. The van der Waals surface area contributed by atoms with Gasteiger partial charge < -0.3 is 0 Å². The number of nitrogens with zero attached hydrogens (tertiary/aromatic N) is 2. The van der Waals surface area contributed by atoms with E-state index in [4.69, 9.17) is 0 Å². The van der Waals surface area contributed by atoms with Crippen molar-refractivity contribution >= 4 is 11.3 Å². The summed E-state index contributed by atoms with van der Waals surface area (Å²) in [5.41, 5.74) is 2.28. The fraction of sp³-hybridized carbons (Fsp3) is 0.600. The smallest absolute Gasteiger partial charge is 0.0950 e. The van der Waals surface area contributed by atoms with Crippen LogP contribution in [0.15, 0.2) is 17.6 Å². The highest BCUT2D eigenvalue weighted by atomic mass is 32.1. The first-order chi connectivity index (χ1) is 9.00. The van der Waals surface area contributed by atoms with Crippen LogP contribution in [-0.2, 0) is 0 Å². The summed E-state index contributed by atoms with van der Waals surface area (Å²) in [5.74, 6) is 1.13. The van der Waals surface area contributed by atoms with Gasteiger partial charge in [0.1, 0.15) is 0 Å². The van der Waals surface area contributed by atoms with E-state index in [0.717, 1.165) is 11.4 Å². The maximum absolute atomic E-state index is 4.13. The molecule has 0 spiro atoms. The van der Waals surface area contributed by atoms with E-state index in [2.05, 4.69) is 48.9 Å². The van der Waals surface area contributed by atoms with E-state index < -0.39 is 0 Å². The second-order valence-corrected chi connectivity index (χ2v) is 5.58. The van der Waals surface area contributed by atoms with Gasteiger partial charge in [0.05, 0.1) is 10.7 Å². The Hall–Kier alpha value is -1.16. The van der Waals surface area contributed by atoms with Crippen molar-refractivity contribution in [2.45, 2.75) is 60.3 Å². The third-order valence-electron chi connectivity index (χ3n) is 2.26. The molecule has 0 radical (unpaired) electrons. The monoisotopic (exact) mass is 281 g/mol. The van der Waals surface area contributed by atoms with Crippen LogP contribution in [0.2, 0.25) is 0 Å². The zero-order chi connectivity index (χ0) is 14.8. The zero-order valence-corrected chi connectivity index (χ0v) is 14.0. The standard InChI is InChI=1S/C7H12N2.C6H9NS.C2H6/c1-5(2)7-4-6(3)8-9-7;1-5(2)6-7-3-4-8-6;1-2/h4-5H,1-3H3,(H,8,9);3-5H,1-2H3;1-2H3. The maximum Gasteiger partial charge on any atom is 0.0950 e. The number of hydrogen-bond acceptors (Lipinski definition) is 3. The maximum atomic E-state index is 4.13. The Bertz CT molecular complexity index is 416. The highest BCUT2D eigenvalue weighted by Crippen LogP contribution is 2.15. The summed E-state index contributed by atoms with van der Waals surface area (Å²) in [6, 6.07) is 2.07. The van der Waals surface area contributed by atoms with Crippen LogP contribution in [0, 0.1) is 6.92 Å². The van der Waals surface area contributed by atoms with Gasteiger partial charge in [-0.15, -0.1) is 11.3 Å². The number of nitrogens with one attached hydrogen (secondary N) is 1. The summed E-state index contributed by atoms with van der Waals surface area (Å²) in [7, 11) is 0. The van der Waals surface area contributed by atoms with Crippen LogP contribution in [0.25, 0.3) is 0 Å². The van der Waals surface area contributed by atoms with Crippen LogP contribution in [-0.4, -0.2) is 15.2 Å². The lowest BCUT2D eigenvalue weighted by atomic mass is 10.1. The molecule has 0 aliphatic rings. The molecule has 0 aliphatic heterocycles. The van der Waals surface area contributed by atoms with E-state index >= 15 is 0 Å². The Morgan fingerprint density at radius 1 is 1.11 bits per heavy atom. The minimum absolute atomic E-state index is 0.537. The first-order valence-electron chi connectivity index (χ1n) is 6.92. The molecule has 2 rings (SSSR count). The number of hydrogen-bond donors (Lipinski definition) is 1. The lowest BCUT2D eigenvalue weighted by Crippen LogP contribution is -1.85. The van der Waals surface area contributed by atoms with Gasteiger partial charge in [-0.25, -0.2) is 4.98 Å². The molecular weight excluding hydrogens is 254 g/mol. The largest absolute Gasteiger partial charge is 0.283 e. The zero-order valence-electron chi connectivity index (χ0n) is 13.2. The van der Waals surface area contributed by atoms with Crippen molar-refractivity contribution < 1.29 is 0 Å². The molecule has 2 aromatic heterocycles. The van der Waals surface area contributed by atoms with Gasteiger partial charge in [-0.3, -0.25) is 5.10 Å². The molecule has 0 saturated heterocycles. The van der Waals surface area contributed by atoms with Gasteiger partial charge in [0.2, 0.25) is 0 Å². The lowest BCUT2D eigenvalue weighted by molar-refractivity contribution is 0.809. The minimum Gasteiger partial charge on any atom is -0.283 e. The van der Waals surface area contributed by atoms with E-state index in [1.54, 1.807) is 11.3 Å². The predicted molar refractivity (Wildman–Crippen MR) is 85.0 cm³/mol. The van der Waals surface area contributed by atoms with E-state index in [0.29, 0.717) is 11.8 Å². The number of H-pyrrole nitrogens is 1. The number of aromatic amines is 1. The fourth-order valence-corrected chi connectivity index (χ4v) is 1.91. The molecule has 0 amide bonds. The average molecular weight is 281 g/mol. The van der Waals surface area contributed by atoms with Crippen molar-refractivity contribution in [2.24, 2.45) is 0 Å². The van der Waals surface area contributed by atoms with Gasteiger partial charge >= 0.3 is 0 Å². The molecule has 3 nitrogen and oxygen atoms in total. The number of aryl methyl sites for hydroxylation is 1. The molecule has 0 unspecified atom stereocenters. The lowest BCUT2D eigenvalue weighted by Gasteiger charge is -1.94. The van der Waals surface area contributed by atoms with Crippen molar-refractivity contribution in [1.29, 1.82) is 0 Å². The summed E-state index contributed by atoms with van der Waals surface area (Å²) in [5, 5.41) is 10.2. The first-order valence-corrected chi connectivity index (χ1v) is 7.80. The quantitative estimate of drug-likeness (QED) is 0.828. The van der Waals surface area contributed by atoms with Crippen LogP contribution < -0.4 is 0 Å². The van der Waals surface area contributed by atoms with Crippen LogP contribution in [0.5, 0.6) is 0 Å². The van der Waals surface area contributed by atoms with Gasteiger partial charge in [0, 0.05) is 23.2 Å². The molecule has 108 valence electrons. The van der Waals surface area contributed by atoms with Crippen molar-refractivity contribution in [3.63, 3.8) is 0 Å². The molecule has 0 atom stereocenters. The topological polar surface area (TPSA) is 41.6 Å². The molecule has 2 heterocycles. The van der Waals surface area contributed by atoms with Crippen molar-refractivity contribution in [2.75, 3.05) is 0 Å². The van der Waals surface area contributed by atoms with Crippen molar-refractivity contribution in [1.82, 2.24) is 15.2 Å². The summed E-state index contributed by atoms with van der Waals surface area (Å²) < 4.78 is 0. The fourth-order valence-electron chi connectivity index (χ4n) is 1.25. The van der Waals surface area contributed by atoms with Crippen LogP contribution in [0.4, 0.5) is 0 Å². The molecule has 0 saturated carbocycles. The highest BCUT2D eigenvalue weighted by molar-refractivity contribution is 7.09. The predicted octanol–water partition coefficient (Wildman–Crippen LogP) is 5.13. The van der Waals surface area contributed by atoms with Crippen LogP contribution in [0.3, 0.4) is 0 Å². The van der Waals surface area contributed by atoms with Crippen LogP contribution >= 0.6 is 11.3 Å². The molecule has 4 heteroatoms. The molecule has 0 aliphatic carbocycles. The normalized spacial score (nSPS) is 9.74. The molecule has 1 N–H and O–H groups in total. The SMILES string of the molecule is CC.CC(C)c1nccs1.Cc1cc(C(C)C)n[nH]1. The number of aromatic nitrogens is 3. The Balaban J connectivity index is 0.000000303. The first kappa shape index (κ1) is 17.8. The molecule has 0 bridgehead atoms. The minimum atomic E-state index is 0.537. The van der Waals surface area contributed by atoms with Gasteiger partial charge in [-0.05, 0) is 18.9 Å². The number of rotatable bonds is 2. The number of thiazole rings is 1. The van der Waals surface area contributed by atoms with E-state index in [9.17, 15) is 0 Å². The summed E-state index contributed by atoms with van der Waals surface area (Å²) in [6.45, 7) is 14.6. The van der Waals surface area contributed by atoms with Gasteiger partial charge in [-0.2, -0.15) is 5.10 Å². The average Bonchev–Trinajstić information content (AvgIpc) is 3.02. The van der Waals surface area contributed by atoms with Gasteiger partial charge in [-0.1, -0.05) is 41.5 Å². The second-order valence-electron chi connectivity index (χ2n) is 4.66.